The molecular formula is C18H27N5O2. The monoisotopic (exact) mass is 345 g/mol. The Balaban J connectivity index is 1.61. The first-order valence-electron chi connectivity index (χ1n) is 8.74. The molecule has 0 spiro atoms. The number of nitrogens with zero attached hydrogens (tertiary/aromatic N) is 5. The van der Waals surface area contributed by atoms with Crippen molar-refractivity contribution >= 4 is 5.91 Å². The Bertz CT molecular complexity index is 706. The van der Waals surface area contributed by atoms with Crippen LogP contribution in [0.4, 0.5) is 0 Å². The summed E-state index contributed by atoms with van der Waals surface area (Å²) in [6.07, 6.45) is 6.15. The van der Waals surface area contributed by atoms with E-state index in [2.05, 4.69) is 46.0 Å². The van der Waals surface area contributed by atoms with Crippen molar-refractivity contribution in [3.05, 3.63) is 42.0 Å². The number of carbonyl (C=O) groups is 1. The molecule has 3 heterocycles. The molecule has 0 aromatic carbocycles. The van der Waals surface area contributed by atoms with Gasteiger partial charge in [0.05, 0.1) is 18.8 Å². The van der Waals surface area contributed by atoms with Gasteiger partial charge < -0.3 is 14.2 Å². The average Bonchev–Trinajstić information content (AvgIpc) is 3.23. The molecule has 136 valence electrons. The van der Waals surface area contributed by atoms with Gasteiger partial charge in [0.15, 0.2) is 0 Å². The van der Waals surface area contributed by atoms with Crippen molar-refractivity contribution < 1.29 is 9.53 Å². The highest BCUT2D eigenvalue weighted by Crippen LogP contribution is 2.23. The average molecular weight is 345 g/mol. The van der Waals surface area contributed by atoms with Gasteiger partial charge >= 0.3 is 0 Å². The summed E-state index contributed by atoms with van der Waals surface area (Å²) in [5, 5.41) is 4.36. The lowest BCUT2D eigenvalue weighted by Crippen LogP contribution is -2.39. The van der Waals surface area contributed by atoms with E-state index >= 15 is 0 Å². The molecule has 2 aromatic heterocycles. The zero-order valence-corrected chi connectivity index (χ0v) is 15.3. The highest BCUT2D eigenvalue weighted by atomic mass is 16.5. The van der Waals surface area contributed by atoms with Crippen molar-refractivity contribution in [3.8, 4) is 0 Å². The molecule has 1 aliphatic heterocycles. The van der Waals surface area contributed by atoms with Gasteiger partial charge in [-0.25, -0.2) is 0 Å². The Kier molecular flexibility index (Phi) is 5.55. The topological polar surface area (TPSA) is 55.5 Å². The van der Waals surface area contributed by atoms with Crippen LogP contribution in [0.5, 0.6) is 0 Å². The van der Waals surface area contributed by atoms with Crippen LogP contribution in [0.15, 0.2) is 30.7 Å². The minimum absolute atomic E-state index is 0.00706. The molecule has 0 saturated heterocycles. The summed E-state index contributed by atoms with van der Waals surface area (Å²) in [6, 6.07) is 4.45. The predicted octanol–water partition coefficient (Wildman–Crippen LogP) is 1.37. The quantitative estimate of drug-likeness (QED) is 0.760. The largest absolute Gasteiger partial charge is 0.369 e. The molecule has 7 nitrogen and oxygen atoms in total. The summed E-state index contributed by atoms with van der Waals surface area (Å²) < 4.78 is 9.91. The number of likely N-dealkylation sites (N-methyl/N-ethyl adjacent to an activating group) is 1. The van der Waals surface area contributed by atoms with Crippen molar-refractivity contribution in [3.63, 3.8) is 0 Å². The van der Waals surface area contributed by atoms with Gasteiger partial charge in [-0.05, 0) is 19.1 Å². The molecule has 2 aromatic rings. The minimum atomic E-state index is -0.00706. The van der Waals surface area contributed by atoms with Crippen molar-refractivity contribution in [1.29, 1.82) is 0 Å². The molecule has 0 fully saturated rings. The minimum Gasteiger partial charge on any atom is -0.369 e. The first kappa shape index (κ1) is 17.7. The van der Waals surface area contributed by atoms with E-state index in [1.807, 2.05) is 10.9 Å². The van der Waals surface area contributed by atoms with E-state index in [9.17, 15) is 4.79 Å². The fraction of sp³-hybridized carbons (Fsp3) is 0.556. The molecule has 0 saturated carbocycles. The maximum atomic E-state index is 11.7. The molecule has 1 aliphatic rings. The van der Waals surface area contributed by atoms with Gasteiger partial charge in [-0.3, -0.25) is 14.4 Å². The standard InChI is InChI=1S/C18H27N5O2/c1-4-22-10-15(8-19-22)9-21-11-16-6-5-7-23(16)17(12-21)13-25-14-18(24)20(2)3/h5-8,10,17H,4,9,11-14H2,1-3H3/t17-/m0/s1. The zero-order chi connectivity index (χ0) is 17.8. The van der Waals surface area contributed by atoms with E-state index in [-0.39, 0.29) is 18.6 Å². The third-order valence-electron chi connectivity index (χ3n) is 4.57. The van der Waals surface area contributed by atoms with Gasteiger partial charge in [-0.15, -0.1) is 0 Å². The van der Waals surface area contributed by atoms with E-state index in [4.69, 9.17) is 4.74 Å². The van der Waals surface area contributed by atoms with Crippen molar-refractivity contribution in [2.75, 3.05) is 33.9 Å². The molecule has 1 atom stereocenters. The van der Waals surface area contributed by atoms with Gasteiger partial charge in [0.2, 0.25) is 5.91 Å². The van der Waals surface area contributed by atoms with Crippen LogP contribution in [0.25, 0.3) is 0 Å². The van der Waals surface area contributed by atoms with Gasteiger partial charge in [-0.1, -0.05) is 0 Å². The number of hydrogen-bond acceptors (Lipinski definition) is 4. The summed E-state index contributed by atoms with van der Waals surface area (Å²) in [6.45, 7) is 6.33. The van der Waals surface area contributed by atoms with Gasteiger partial charge in [0, 0.05) is 63.9 Å². The predicted molar refractivity (Wildman–Crippen MR) is 95.0 cm³/mol. The van der Waals surface area contributed by atoms with Crippen molar-refractivity contribution in [2.24, 2.45) is 0 Å². The van der Waals surface area contributed by atoms with Gasteiger partial charge in [0.1, 0.15) is 6.61 Å². The van der Waals surface area contributed by atoms with E-state index in [0.29, 0.717) is 6.61 Å². The van der Waals surface area contributed by atoms with Crippen LogP contribution in [0.1, 0.15) is 24.2 Å². The highest BCUT2D eigenvalue weighted by Gasteiger charge is 2.25. The molecule has 3 rings (SSSR count). The van der Waals surface area contributed by atoms with Crippen LogP contribution in [0.2, 0.25) is 0 Å². The molecule has 1 amide bonds. The third kappa shape index (κ3) is 4.29. The Labute approximate surface area is 148 Å². The number of aromatic nitrogens is 3. The summed E-state index contributed by atoms with van der Waals surface area (Å²) in [5.41, 5.74) is 2.51. The molecule has 7 heteroatoms. The smallest absolute Gasteiger partial charge is 0.248 e. The Hall–Kier alpha value is -2.12. The normalized spacial score (nSPS) is 17.5. The van der Waals surface area contributed by atoms with Crippen LogP contribution in [-0.4, -0.2) is 63.9 Å². The van der Waals surface area contributed by atoms with Crippen LogP contribution >= 0.6 is 0 Å². The Morgan fingerprint density at radius 2 is 2.28 bits per heavy atom. The van der Waals surface area contributed by atoms with Crippen LogP contribution in [0, 0.1) is 0 Å². The molecule has 0 unspecified atom stereocenters. The van der Waals surface area contributed by atoms with Crippen LogP contribution in [0.3, 0.4) is 0 Å². The van der Waals surface area contributed by atoms with Crippen LogP contribution < -0.4 is 0 Å². The van der Waals surface area contributed by atoms with E-state index in [1.165, 1.54) is 11.3 Å². The number of amides is 1. The number of fused-ring (bicyclic) bond motifs is 1. The van der Waals surface area contributed by atoms with E-state index in [1.54, 1.807) is 19.0 Å². The summed E-state index contributed by atoms with van der Waals surface area (Å²) in [7, 11) is 3.49. The zero-order valence-electron chi connectivity index (χ0n) is 15.3. The number of rotatable bonds is 7. The van der Waals surface area contributed by atoms with Crippen molar-refractivity contribution in [1.82, 2.24) is 24.1 Å². The SMILES string of the molecule is CCn1cc(CN2Cc3cccn3[C@H](COCC(=O)N(C)C)C2)cn1. The summed E-state index contributed by atoms with van der Waals surface area (Å²) in [4.78, 5) is 15.7. The molecule has 0 radical (unpaired) electrons. The Morgan fingerprint density at radius 3 is 3.00 bits per heavy atom. The molecule has 25 heavy (non-hydrogen) atoms. The maximum absolute atomic E-state index is 11.7. The van der Waals surface area contributed by atoms with E-state index in [0.717, 1.165) is 26.2 Å². The fourth-order valence-electron chi connectivity index (χ4n) is 3.18. The molecule has 0 N–H and O–H groups in total. The number of carbonyl (C=O) groups excluding carboxylic acids is 1. The third-order valence-corrected chi connectivity index (χ3v) is 4.57. The molecular weight excluding hydrogens is 318 g/mol. The number of ether oxygens (including phenoxy) is 1. The molecule has 0 bridgehead atoms. The second kappa shape index (κ2) is 7.84. The second-order valence-electron chi connectivity index (χ2n) is 6.74. The summed E-state index contributed by atoms with van der Waals surface area (Å²) >= 11 is 0. The van der Waals surface area contributed by atoms with Gasteiger partial charge in [-0.2, -0.15) is 5.10 Å². The number of aryl methyl sites for hydroxylation is 1. The second-order valence-corrected chi connectivity index (χ2v) is 6.74. The maximum Gasteiger partial charge on any atom is 0.248 e. The first-order chi connectivity index (χ1) is 12.1. The highest BCUT2D eigenvalue weighted by molar-refractivity contribution is 5.76. The van der Waals surface area contributed by atoms with Gasteiger partial charge in [0.25, 0.3) is 0 Å². The Morgan fingerprint density at radius 1 is 1.44 bits per heavy atom. The lowest BCUT2D eigenvalue weighted by Gasteiger charge is -2.34. The lowest BCUT2D eigenvalue weighted by atomic mass is 10.1. The fourth-order valence-corrected chi connectivity index (χ4v) is 3.18. The summed E-state index contributed by atoms with van der Waals surface area (Å²) in [5.74, 6) is -0.00706. The molecule has 0 aliphatic carbocycles. The number of hydrogen-bond donors (Lipinski definition) is 0. The first-order valence-corrected chi connectivity index (χ1v) is 8.74. The van der Waals surface area contributed by atoms with Crippen molar-refractivity contribution in [2.45, 2.75) is 32.6 Å². The lowest BCUT2D eigenvalue weighted by molar-refractivity contribution is -0.134. The van der Waals surface area contributed by atoms with Crippen LogP contribution in [-0.2, 0) is 29.2 Å². The van der Waals surface area contributed by atoms with E-state index < -0.39 is 0 Å².